The number of pyridine rings is 1. The molecule has 0 saturated heterocycles. The van der Waals surface area contributed by atoms with Gasteiger partial charge in [-0.05, 0) is 67.6 Å². The van der Waals surface area contributed by atoms with Gasteiger partial charge in [0.15, 0.2) is 0 Å². The maximum absolute atomic E-state index is 12.9. The molecule has 6 nitrogen and oxygen atoms in total. The topological polar surface area (TPSA) is 80.3 Å². The molecule has 0 fully saturated rings. The van der Waals surface area contributed by atoms with E-state index in [9.17, 15) is 14.0 Å². The van der Waals surface area contributed by atoms with Gasteiger partial charge in [-0.25, -0.2) is 14.2 Å². The quantitative estimate of drug-likeness (QED) is 0.621. The summed E-state index contributed by atoms with van der Waals surface area (Å²) in [5, 5.41) is 5.79. The number of aromatic nitrogens is 1. The van der Waals surface area contributed by atoms with E-state index in [0.29, 0.717) is 29.2 Å². The van der Waals surface area contributed by atoms with Crippen LogP contribution in [0.5, 0.6) is 0 Å². The molecule has 1 heterocycles. The smallest absolute Gasteiger partial charge is 0.338 e. The molecule has 3 rings (SSSR count). The average molecular weight is 379 g/mol. The molecule has 0 aliphatic carbocycles. The SMILES string of the molecule is CCOC(=O)c1ccc(NC(=O)c2ccc(Nc3ccc(F)cc3)cn2)cc1. The Hall–Kier alpha value is -3.74. The van der Waals surface area contributed by atoms with Crippen molar-refractivity contribution < 1.29 is 18.7 Å². The summed E-state index contributed by atoms with van der Waals surface area (Å²) in [5.41, 5.74) is 2.56. The Bertz CT molecular complexity index is 956. The fourth-order valence-electron chi connectivity index (χ4n) is 2.40. The summed E-state index contributed by atoms with van der Waals surface area (Å²) in [7, 11) is 0. The second kappa shape index (κ2) is 8.77. The highest BCUT2D eigenvalue weighted by Gasteiger charge is 2.10. The first-order chi connectivity index (χ1) is 13.5. The van der Waals surface area contributed by atoms with Crippen molar-refractivity contribution in [2.75, 3.05) is 17.2 Å². The van der Waals surface area contributed by atoms with Crippen LogP contribution in [0.2, 0.25) is 0 Å². The molecule has 3 aromatic rings. The molecule has 0 atom stereocenters. The Kier molecular flexibility index (Phi) is 5.96. The van der Waals surface area contributed by atoms with Crippen LogP contribution in [0.15, 0.2) is 66.9 Å². The lowest BCUT2D eigenvalue weighted by Crippen LogP contribution is -2.14. The number of carbonyl (C=O) groups is 2. The fraction of sp³-hybridized carbons (Fsp3) is 0.0952. The van der Waals surface area contributed by atoms with Gasteiger partial charge < -0.3 is 15.4 Å². The largest absolute Gasteiger partial charge is 0.462 e. The molecule has 142 valence electrons. The van der Waals surface area contributed by atoms with Crippen molar-refractivity contribution >= 4 is 28.9 Å². The third-order valence-corrected chi connectivity index (χ3v) is 3.78. The number of halogens is 1. The first-order valence-corrected chi connectivity index (χ1v) is 8.62. The lowest BCUT2D eigenvalue weighted by molar-refractivity contribution is 0.0526. The molecule has 0 saturated carbocycles. The first kappa shape index (κ1) is 19.0. The van der Waals surface area contributed by atoms with E-state index in [1.807, 2.05) is 0 Å². The minimum absolute atomic E-state index is 0.235. The highest BCUT2D eigenvalue weighted by Crippen LogP contribution is 2.17. The van der Waals surface area contributed by atoms with Crippen molar-refractivity contribution in [1.82, 2.24) is 4.98 Å². The monoisotopic (exact) mass is 379 g/mol. The Balaban J connectivity index is 1.61. The van der Waals surface area contributed by atoms with Crippen LogP contribution < -0.4 is 10.6 Å². The Morgan fingerprint density at radius 1 is 0.929 bits per heavy atom. The van der Waals surface area contributed by atoms with Gasteiger partial charge in [-0.2, -0.15) is 0 Å². The number of benzene rings is 2. The Morgan fingerprint density at radius 3 is 2.18 bits per heavy atom. The molecule has 2 aromatic carbocycles. The number of amides is 1. The lowest BCUT2D eigenvalue weighted by Gasteiger charge is -2.08. The summed E-state index contributed by atoms with van der Waals surface area (Å²) in [6, 6.07) is 15.6. The third kappa shape index (κ3) is 4.91. The van der Waals surface area contributed by atoms with Crippen LogP contribution >= 0.6 is 0 Å². The molecule has 1 amide bonds. The molecular formula is C21H18FN3O3. The van der Waals surface area contributed by atoms with Gasteiger partial charge in [-0.15, -0.1) is 0 Å². The minimum Gasteiger partial charge on any atom is -0.462 e. The van der Waals surface area contributed by atoms with E-state index in [4.69, 9.17) is 4.74 Å². The van der Waals surface area contributed by atoms with Crippen molar-refractivity contribution in [1.29, 1.82) is 0 Å². The van der Waals surface area contributed by atoms with Gasteiger partial charge in [0.05, 0.1) is 24.1 Å². The second-order valence-electron chi connectivity index (χ2n) is 5.82. The molecule has 0 spiro atoms. The summed E-state index contributed by atoms with van der Waals surface area (Å²) >= 11 is 0. The number of rotatable bonds is 6. The molecule has 0 radical (unpaired) electrons. The zero-order chi connectivity index (χ0) is 19.9. The number of ether oxygens (including phenoxy) is 1. The lowest BCUT2D eigenvalue weighted by atomic mass is 10.2. The molecule has 0 bridgehead atoms. The molecule has 28 heavy (non-hydrogen) atoms. The van der Waals surface area contributed by atoms with Crippen LogP contribution in [-0.2, 0) is 4.74 Å². The van der Waals surface area contributed by atoms with Crippen LogP contribution in [0.1, 0.15) is 27.8 Å². The number of anilines is 3. The molecular weight excluding hydrogens is 361 g/mol. The number of nitrogens with one attached hydrogen (secondary N) is 2. The number of nitrogens with zero attached hydrogens (tertiary/aromatic N) is 1. The Labute approximate surface area is 161 Å². The van der Waals surface area contributed by atoms with Crippen molar-refractivity contribution in [3.63, 3.8) is 0 Å². The van der Waals surface area contributed by atoms with Gasteiger partial charge in [0, 0.05) is 11.4 Å². The molecule has 0 unspecified atom stereocenters. The van der Waals surface area contributed by atoms with E-state index in [1.54, 1.807) is 55.5 Å². The van der Waals surface area contributed by atoms with Gasteiger partial charge >= 0.3 is 5.97 Å². The van der Waals surface area contributed by atoms with Crippen molar-refractivity contribution in [2.24, 2.45) is 0 Å². The molecule has 7 heteroatoms. The van der Waals surface area contributed by atoms with E-state index in [-0.39, 0.29) is 17.4 Å². The zero-order valence-corrected chi connectivity index (χ0v) is 15.1. The van der Waals surface area contributed by atoms with E-state index >= 15 is 0 Å². The minimum atomic E-state index is -0.411. The van der Waals surface area contributed by atoms with E-state index < -0.39 is 5.97 Å². The Morgan fingerprint density at radius 2 is 1.57 bits per heavy atom. The fourth-order valence-corrected chi connectivity index (χ4v) is 2.40. The van der Waals surface area contributed by atoms with Gasteiger partial charge in [-0.3, -0.25) is 4.79 Å². The zero-order valence-electron chi connectivity index (χ0n) is 15.1. The highest BCUT2D eigenvalue weighted by atomic mass is 19.1. The van der Waals surface area contributed by atoms with Gasteiger partial charge in [0.1, 0.15) is 11.5 Å². The van der Waals surface area contributed by atoms with Crippen LogP contribution in [0.3, 0.4) is 0 Å². The predicted octanol–water partition coefficient (Wildman–Crippen LogP) is 4.39. The van der Waals surface area contributed by atoms with Crippen molar-refractivity contribution in [2.45, 2.75) is 6.92 Å². The predicted molar refractivity (Wildman–Crippen MR) is 104 cm³/mol. The van der Waals surface area contributed by atoms with Crippen LogP contribution in [-0.4, -0.2) is 23.5 Å². The van der Waals surface area contributed by atoms with Crippen LogP contribution in [0, 0.1) is 5.82 Å². The maximum Gasteiger partial charge on any atom is 0.338 e. The van der Waals surface area contributed by atoms with Crippen molar-refractivity contribution in [3.8, 4) is 0 Å². The number of hydrogen-bond acceptors (Lipinski definition) is 5. The molecule has 1 aromatic heterocycles. The van der Waals surface area contributed by atoms with Gasteiger partial charge in [0.25, 0.3) is 5.91 Å². The standard InChI is InChI=1S/C21H18FN3O3/c1-2-28-21(27)14-3-7-17(8-4-14)25-20(26)19-12-11-18(13-23-19)24-16-9-5-15(22)6-10-16/h3-13,24H,2H2,1H3,(H,25,26). The number of hydrogen-bond donors (Lipinski definition) is 2. The van der Waals surface area contributed by atoms with E-state index in [0.717, 1.165) is 0 Å². The summed E-state index contributed by atoms with van der Waals surface area (Å²) in [5.74, 6) is -1.10. The summed E-state index contributed by atoms with van der Waals surface area (Å²) in [6.07, 6.45) is 1.52. The summed E-state index contributed by atoms with van der Waals surface area (Å²) in [4.78, 5) is 28.1. The molecule has 0 aliphatic heterocycles. The third-order valence-electron chi connectivity index (χ3n) is 3.78. The molecule has 0 aliphatic rings. The van der Waals surface area contributed by atoms with Gasteiger partial charge in [-0.1, -0.05) is 0 Å². The maximum atomic E-state index is 12.9. The molecule has 2 N–H and O–H groups in total. The van der Waals surface area contributed by atoms with Crippen molar-refractivity contribution in [3.05, 3.63) is 83.9 Å². The average Bonchev–Trinajstić information content (AvgIpc) is 2.71. The number of carbonyl (C=O) groups excluding carboxylic acids is 2. The number of esters is 1. The first-order valence-electron chi connectivity index (χ1n) is 8.62. The highest BCUT2D eigenvalue weighted by molar-refractivity contribution is 6.03. The summed E-state index contributed by atoms with van der Waals surface area (Å²) in [6.45, 7) is 2.04. The van der Waals surface area contributed by atoms with E-state index in [2.05, 4.69) is 15.6 Å². The second-order valence-corrected chi connectivity index (χ2v) is 5.82. The van der Waals surface area contributed by atoms with Gasteiger partial charge in [0.2, 0.25) is 0 Å². The normalized spacial score (nSPS) is 10.2. The van der Waals surface area contributed by atoms with Crippen LogP contribution in [0.25, 0.3) is 0 Å². The van der Waals surface area contributed by atoms with E-state index in [1.165, 1.54) is 18.3 Å². The van der Waals surface area contributed by atoms with Crippen LogP contribution in [0.4, 0.5) is 21.5 Å². The summed E-state index contributed by atoms with van der Waals surface area (Å²) < 4.78 is 17.9.